The van der Waals surface area contributed by atoms with Gasteiger partial charge >= 0.3 is 0 Å². The quantitative estimate of drug-likeness (QED) is 0.548. The molecule has 3 aliphatic rings. The van der Waals surface area contributed by atoms with Crippen LogP contribution in [0, 0.1) is 0 Å². The maximum atomic E-state index is 10.1. The number of methoxy groups -OCH3 is 1. The summed E-state index contributed by atoms with van der Waals surface area (Å²) >= 11 is 0. The molecular formula is C12H19N5O4. The molecule has 116 valence electrons. The largest absolute Gasteiger partial charge is 0.394 e. The molecule has 0 radical (unpaired) electrons. The second-order valence-electron chi connectivity index (χ2n) is 5.40. The van der Waals surface area contributed by atoms with E-state index in [4.69, 9.17) is 15.2 Å². The third-order valence-corrected chi connectivity index (χ3v) is 3.92. The van der Waals surface area contributed by atoms with Crippen LogP contribution in [0.2, 0.25) is 0 Å². The fourth-order valence-electron chi connectivity index (χ4n) is 2.78. The van der Waals surface area contributed by atoms with Crippen LogP contribution in [0.1, 0.15) is 6.92 Å². The van der Waals surface area contributed by atoms with Crippen LogP contribution >= 0.6 is 0 Å². The Kier molecular flexibility index (Phi) is 3.54. The lowest BCUT2D eigenvalue weighted by Gasteiger charge is -2.31. The number of hydrogen-bond acceptors (Lipinski definition) is 9. The van der Waals surface area contributed by atoms with Gasteiger partial charge in [0, 0.05) is 7.11 Å². The standard InChI is InChI=1S/C12H19N5O4/c1-12(13)9-10(14-4-16-12)17(5-15-9)11-8(20-2)7(19)6(3-18)21-11/h4,6-8,11,18-19H,3,5,13H2,1-2H3/t6-,7-,8-,11-,12?/m1/s1. The molecule has 0 spiro atoms. The second kappa shape index (κ2) is 5.11. The lowest BCUT2D eigenvalue weighted by atomic mass is 10.1. The van der Waals surface area contributed by atoms with Gasteiger partial charge in [-0.15, -0.1) is 0 Å². The van der Waals surface area contributed by atoms with E-state index in [-0.39, 0.29) is 6.61 Å². The molecule has 0 bridgehead atoms. The molecule has 0 amide bonds. The van der Waals surface area contributed by atoms with Crippen molar-refractivity contribution in [3.63, 3.8) is 0 Å². The van der Waals surface area contributed by atoms with E-state index < -0.39 is 30.2 Å². The van der Waals surface area contributed by atoms with Crippen LogP contribution in [0.5, 0.6) is 0 Å². The Labute approximate surface area is 121 Å². The van der Waals surface area contributed by atoms with E-state index in [1.807, 2.05) is 0 Å². The van der Waals surface area contributed by atoms with Crippen LogP contribution in [0.15, 0.2) is 15.0 Å². The lowest BCUT2D eigenvalue weighted by Crippen LogP contribution is -2.54. The van der Waals surface area contributed by atoms with Gasteiger partial charge in [-0.3, -0.25) is 4.99 Å². The molecule has 3 rings (SSSR count). The summed E-state index contributed by atoms with van der Waals surface area (Å²) in [6, 6.07) is 0. The lowest BCUT2D eigenvalue weighted by molar-refractivity contribution is -0.0765. The average Bonchev–Trinajstić information content (AvgIpc) is 3.00. The average molecular weight is 297 g/mol. The van der Waals surface area contributed by atoms with Gasteiger partial charge in [-0.25, -0.2) is 9.98 Å². The second-order valence-corrected chi connectivity index (χ2v) is 5.40. The van der Waals surface area contributed by atoms with Crippen molar-refractivity contribution >= 4 is 17.9 Å². The number of amidine groups is 1. The van der Waals surface area contributed by atoms with Crippen molar-refractivity contribution in [3.05, 3.63) is 0 Å². The van der Waals surface area contributed by atoms with Gasteiger partial charge in [0.1, 0.15) is 37.0 Å². The van der Waals surface area contributed by atoms with Crippen molar-refractivity contribution in [2.75, 3.05) is 20.4 Å². The van der Waals surface area contributed by atoms with Crippen LogP contribution in [0.3, 0.4) is 0 Å². The number of hydrogen-bond donors (Lipinski definition) is 3. The molecule has 5 atom stereocenters. The van der Waals surface area contributed by atoms with E-state index in [2.05, 4.69) is 15.0 Å². The molecule has 0 aromatic heterocycles. The third-order valence-electron chi connectivity index (χ3n) is 3.92. The molecule has 9 heteroatoms. The Hall–Kier alpha value is -1.39. The highest BCUT2D eigenvalue weighted by atomic mass is 16.6. The van der Waals surface area contributed by atoms with Gasteiger partial charge in [0.25, 0.3) is 0 Å². The van der Waals surface area contributed by atoms with E-state index in [9.17, 15) is 10.2 Å². The zero-order chi connectivity index (χ0) is 15.2. The van der Waals surface area contributed by atoms with Gasteiger partial charge in [-0.2, -0.15) is 0 Å². The zero-order valence-electron chi connectivity index (χ0n) is 11.9. The summed E-state index contributed by atoms with van der Waals surface area (Å²) in [5.74, 6) is 0.563. The molecular weight excluding hydrogens is 278 g/mol. The van der Waals surface area contributed by atoms with Crippen molar-refractivity contribution in [1.29, 1.82) is 0 Å². The Bertz CT molecular complexity index is 518. The number of aliphatic hydroxyl groups is 2. The first kappa shape index (κ1) is 14.5. The smallest absolute Gasteiger partial charge is 0.162 e. The summed E-state index contributed by atoms with van der Waals surface area (Å²) in [7, 11) is 1.49. The van der Waals surface area contributed by atoms with Crippen molar-refractivity contribution in [2.45, 2.75) is 37.1 Å². The Morgan fingerprint density at radius 1 is 1.62 bits per heavy atom. The zero-order valence-corrected chi connectivity index (χ0v) is 11.9. The number of nitrogens with two attached hydrogens (primary N) is 1. The van der Waals surface area contributed by atoms with E-state index in [0.717, 1.165) is 0 Å². The first-order valence-corrected chi connectivity index (χ1v) is 6.69. The fourth-order valence-corrected chi connectivity index (χ4v) is 2.78. The van der Waals surface area contributed by atoms with Gasteiger partial charge in [-0.1, -0.05) is 0 Å². The molecule has 3 heterocycles. The fraction of sp³-hybridized carbons (Fsp3) is 0.750. The molecule has 1 fully saturated rings. The van der Waals surface area contributed by atoms with Gasteiger partial charge < -0.3 is 30.3 Å². The third kappa shape index (κ3) is 2.17. The first-order valence-electron chi connectivity index (χ1n) is 6.69. The van der Waals surface area contributed by atoms with Crippen molar-refractivity contribution < 1.29 is 19.7 Å². The maximum Gasteiger partial charge on any atom is 0.162 e. The van der Waals surface area contributed by atoms with Crippen molar-refractivity contribution in [2.24, 2.45) is 20.7 Å². The highest BCUT2D eigenvalue weighted by Gasteiger charge is 2.50. The summed E-state index contributed by atoms with van der Waals surface area (Å²) in [5.41, 5.74) is 5.72. The van der Waals surface area contributed by atoms with Gasteiger partial charge in [0.05, 0.1) is 6.61 Å². The van der Waals surface area contributed by atoms with Crippen molar-refractivity contribution in [3.8, 4) is 0 Å². The normalized spacial score (nSPS) is 42.0. The van der Waals surface area contributed by atoms with E-state index in [1.165, 1.54) is 13.4 Å². The summed E-state index contributed by atoms with van der Waals surface area (Å²) < 4.78 is 11.0. The highest BCUT2D eigenvalue weighted by Crippen LogP contribution is 2.30. The van der Waals surface area contributed by atoms with Crippen LogP contribution in [-0.4, -0.2) is 83.6 Å². The molecule has 0 aliphatic carbocycles. The minimum absolute atomic E-state index is 0.290. The van der Waals surface area contributed by atoms with Crippen LogP contribution < -0.4 is 5.73 Å². The number of aliphatic imine (C=N–C) groups is 3. The molecule has 1 unspecified atom stereocenters. The molecule has 1 saturated heterocycles. The van der Waals surface area contributed by atoms with E-state index in [1.54, 1.807) is 11.8 Å². The molecule has 3 aliphatic heterocycles. The maximum absolute atomic E-state index is 10.1. The number of ether oxygens (including phenoxy) is 2. The molecule has 0 saturated carbocycles. The summed E-state index contributed by atoms with van der Waals surface area (Å²) in [4.78, 5) is 14.5. The topological polar surface area (TPSA) is 125 Å². The molecule has 0 aromatic rings. The number of rotatable bonds is 3. The highest BCUT2D eigenvalue weighted by molar-refractivity contribution is 6.47. The number of fused-ring (bicyclic) bond motifs is 1. The Balaban J connectivity index is 1.86. The monoisotopic (exact) mass is 297 g/mol. The van der Waals surface area contributed by atoms with E-state index >= 15 is 0 Å². The van der Waals surface area contributed by atoms with Gasteiger partial charge in [0.2, 0.25) is 0 Å². The van der Waals surface area contributed by atoms with Crippen LogP contribution in [0.25, 0.3) is 0 Å². The number of nitrogens with zero attached hydrogens (tertiary/aromatic N) is 4. The van der Waals surface area contributed by atoms with Crippen LogP contribution in [0.4, 0.5) is 0 Å². The van der Waals surface area contributed by atoms with Crippen LogP contribution in [-0.2, 0) is 9.47 Å². The summed E-state index contributed by atoms with van der Waals surface area (Å²) in [6.45, 7) is 1.75. The minimum Gasteiger partial charge on any atom is -0.394 e. The predicted molar refractivity (Wildman–Crippen MR) is 75.2 cm³/mol. The Morgan fingerprint density at radius 2 is 2.38 bits per heavy atom. The Morgan fingerprint density at radius 3 is 3.05 bits per heavy atom. The van der Waals surface area contributed by atoms with Gasteiger partial charge in [-0.05, 0) is 6.92 Å². The van der Waals surface area contributed by atoms with E-state index in [0.29, 0.717) is 18.2 Å². The van der Waals surface area contributed by atoms with Crippen molar-refractivity contribution in [1.82, 2.24) is 4.90 Å². The molecule has 21 heavy (non-hydrogen) atoms. The summed E-state index contributed by atoms with van der Waals surface area (Å²) in [6.07, 6.45) is -1.43. The SMILES string of the molecule is CO[C@@H]1[C@H](O)[C@@H](CO)O[C@H]1N1CN=C2C1=NC=NC2(C)N. The van der Waals surface area contributed by atoms with Gasteiger partial charge in [0.15, 0.2) is 17.7 Å². The molecule has 4 N–H and O–H groups in total. The predicted octanol–water partition coefficient (Wildman–Crippen LogP) is -2.09. The minimum atomic E-state index is -0.929. The molecule has 0 aromatic carbocycles. The first-order chi connectivity index (χ1) is 9.99. The molecule has 9 nitrogen and oxygen atoms in total. The summed E-state index contributed by atoms with van der Waals surface area (Å²) in [5, 5.41) is 19.4. The number of aliphatic hydroxyl groups excluding tert-OH is 2.